The normalized spacial score (nSPS) is 11.1. The van der Waals surface area contributed by atoms with Crippen molar-refractivity contribution in [2.45, 2.75) is 12.6 Å². The Hall–Kier alpha value is -1.88. The lowest BCUT2D eigenvalue weighted by Crippen LogP contribution is -2.34. The molecule has 21 heavy (non-hydrogen) atoms. The number of nitrogens with zero attached hydrogens (tertiary/aromatic N) is 1. The molecule has 0 unspecified atom stereocenters. The first kappa shape index (κ1) is 19.1. The Bertz CT molecular complexity index is 534. The molecule has 0 saturated heterocycles. The number of hydrogen-bond donors (Lipinski definition) is 1. The Labute approximate surface area is 131 Å². The monoisotopic (exact) mass is 308 g/mol. The standard InChI is InChI=1S/C16H18N2O.ClH.H2O/c1-18(12-13-8-4-2-5-9-13)15(16(17)19)14-10-6-3-7-11-14;;/h2-11,15H,12H2,1H3,(H2,17,19);1H;1H2/t15-;;/m0../s1. The van der Waals surface area contributed by atoms with E-state index in [-0.39, 0.29) is 23.8 Å². The molecule has 4 nitrogen and oxygen atoms in total. The van der Waals surface area contributed by atoms with Gasteiger partial charge in [0.15, 0.2) is 0 Å². The van der Waals surface area contributed by atoms with Crippen LogP contribution in [0.4, 0.5) is 0 Å². The lowest BCUT2D eigenvalue weighted by Gasteiger charge is -2.25. The summed E-state index contributed by atoms with van der Waals surface area (Å²) in [7, 11) is 1.91. The molecule has 0 saturated carbocycles. The van der Waals surface area contributed by atoms with Crippen LogP contribution in [0.2, 0.25) is 0 Å². The van der Waals surface area contributed by atoms with Gasteiger partial charge in [0.25, 0.3) is 0 Å². The second-order valence-corrected chi connectivity index (χ2v) is 4.62. The van der Waals surface area contributed by atoms with Gasteiger partial charge in [0.1, 0.15) is 6.04 Å². The second-order valence-electron chi connectivity index (χ2n) is 4.62. The van der Waals surface area contributed by atoms with E-state index in [0.717, 1.165) is 11.1 Å². The topological polar surface area (TPSA) is 77.8 Å². The van der Waals surface area contributed by atoms with Crippen molar-refractivity contribution in [3.05, 3.63) is 71.8 Å². The minimum Gasteiger partial charge on any atom is -0.412 e. The molecule has 0 aliphatic rings. The van der Waals surface area contributed by atoms with E-state index in [0.29, 0.717) is 6.54 Å². The lowest BCUT2D eigenvalue weighted by atomic mass is 10.0. The van der Waals surface area contributed by atoms with E-state index in [4.69, 9.17) is 5.73 Å². The quantitative estimate of drug-likeness (QED) is 0.916. The first-order chi connectivity index (χ1) is 9.18. The molecule has 0 aliphatic heterocycles. The number of carbonyl (C=O) groups is 1. The number of likely N-dealkylation sites (N-methyl/N-ethyl adjacent to an activating group) is 1. The summed E-state index contributed by atoms with van der Waals surface area (Å²) in [5.74, 6) is -0.329. The molecule has 0 heterocycles. The third kappa shape index (κ3) is 5.19. The Morgan fingerprint density at radius 2 is 1.52 bits per heavy atom. The summed E-state index contributed by atoms with van der Waals surface area (Å²) in [4.78, 5) is 13.7. The van der Waals surface area contributed by atoms with E-state index in [1.807, 2.05) is 72.6 Å². The van der Waals surface area contributed by atoms with Crippen LogP contribution in [0.25, 0.3) is 0 Å². The maximum Gasteiger partial charge on any atom is 0.239 e. The zero-order valence-corrected chi connectivity index (χ0v) is 12.7. The van der Waals surface area contributed by atoms with Crippen molar-refractivity contribution in [1.29, 1.82) is 0 Å². The average molecular weight is 309 g/mol. The molecular formula is C16H21ClN2O2. The van der Waals surface area contributed by atoms with Crippen LogP contribution < -0.4 is 5.73 Å². The van der Waals surface area contributed by atoms with Gasteiger partial charge in [0, 0.05) is 6.54 Å². The highest BCUT2D eigenvalue weighted by atomic mass is 35.5. The van der Waals surface area contributed by atoms with Gasteiger partial charge in [-0.1, -0.05) is 60.7 Å². The summed E-state index contributed by atoms with van der Waals surface area (Å²) in [5.41, 5.74) is 7.63. The van der Waals surface area contributed by atoms with Crippen LogP contribution in [0.1, 0.15) is 17.2 Å². The molecule has 0 aliphatic carbocycles. The van der Waals surface area contributed by atoms with Crippen LogP contribution in [0.5, 0.6) is 0 Å². The van der Waals surface area contributed by atoms with Gasteiger partial charge in [0.2, 0.25) is 5.91 Å². The number of nitrogens with two attached hydrogens (primary N) is 1. The number of carbonyl (C=O) groups excluding carboxylic acids is 1. The van der Waals surface area contributed by atoms with E-state index in [2.05, 4.69) is 0 Å². The summed E-state index contributed by atoms with van der Waals surface area (Å²) in [6.45, 7) is 0.684. The van der Waals surface area contributed by atoms with Gasteiger partial charge in [-0.25, -0.2) is 0 Å². The Balaban J connectivity index is 0.00000200. The lowest BCUT2D eigenvalue weighted by molar-refractivity contribution is -0.123. The minimum atomic E-state index is -0.401. The summed E-state index contributed by atoms with van der Waals surface area (Å²) >= 11 is 0. The molecule has 2 aromatic carbocycles. The second kappa shape index (κ2) is 9.13. The number of halogens is 1. The maximum absolute atomic E-state index is 11.7. The Morgan fingerprint density at radius 3 is 2.00 bits per heavy atom. The van der Waals surface area contributed by atoms with Crippen LogP contribution in [0, 0.1) is 0 Å². The van der Waals surface area contributed by atoms with Crippen LogP contribution >= 0.6 is 12.4 Å². The number of benzene rings is 2. The fourth-order valence-electron chi connectivity index (χ4n) is 2.23. The van der Waals surface area contributed by atoms with Crippen LogP contribution in [0.3, 0.4) is 0 Å². The first-order valence-electron chi connectivity index (χ1n) is 6.27. The van der Waals surface area contributed by atoms with E-state index in [1.165, 1.54) is 0 Å². The highest BCUT2D eigenvalue weighted by Crippen LogP contribution is 2.20. The van der Waals surface area contributed by atoms with Crippen LogP contribution in [-0.2, 0) is 11.3 Å². The Morgan fingerprint density at radius 1 is 1.05 bits per heavy atom. The van der Waals surface area contributed by atoms with Crippen molar-refractivity contribution in [3.63, 3.8) is 0 Å². The molecule has 1 atom stereocenters. The van der Waals surface area contributed by atoms with Crippen molar-refractivity contribution in [3.8, 4) is 0 Å². The van der Waals surface area contributed by atoms with Crippen molar-refractivity contribution in [2.24, 2.45) is 5.73 Å². The first-order valence-corrected chi connectivity index (χ1v) is 6.27. The molecule has 114 valence electrons. The van der Waals surface area contributed by atoms with Gasteiger partial charge in [-0.2, -0.15) is 0 Å². The molecule has 0 spiro atoms. The summed E-state index contributed by atoms with van der Waals surface area (Å²) < 4.78 is 0. The number of rotatable bonds is 5. The van der Waals surface area contributed by atoms with E-state index in [1.54, 1.807) is 0 Å². The molecule has 0 aromatic heterocycles. The molecule has 5 heteroatoms. The fraction of sp³-hybridized carbons (Fsp3) is 0.188. The zero-order chi connectivity index (χ0) is 13.7. The molecular weight excluding hydrogens is 288 g/mol. The summed E-state index contributed by atoms with van der Waals surface area (Å²) in [6.07, 6.45) is 0. The molecule has 1 amide bonds. The highest BCUT2D eigenvalue weighted by molar-refractivity contribution is 5.85. The number of amides is 1. The van der Waals surface area contributed by atoms with Gasteiger partial charge < -0.3 is 11.2 Å². The maximum atomic E-state index is 11.7. The van der Waals surface area contributed by atoms with E-state index in [9.17, 15) is 4.79 Å². The van der Waals surface area contributed by atoms with Gasteiger partial charge >= 0.3 is 0 Å². The van der Waals surface area contributed by atoms with Crippen molar-refractivity contribution >= 4 is 18.3 Å². The Kier molecular flexibility index (Phi) is 8.31. The predicted octanol–water partition coefficient (Wildman–Crippen LogP) is 1.94. The zero-order valence-electron chi connectivity index (χ0n) is 11.9. The molecule has 0 bridgehead atoms. The van der Waals surface area contributed by atoms with Crippen LogP contribution in [0.15, 0.2) is 60.7 Å². The smallest absolute Gasteiger partial charge is 0.239 e. The highest BCUT2D eigenvalue weighted by Gasteiger charge is 2.22. The van der Waals surface area contributed by atoms with Crippen molar-refractivity contribution in [1.82, 2.24) is 4.90 Å². The summed E-state index contributed by atoms with van der Waals surface area (Å²) in [6, 6.07) is 19.3. The molecule has 2 rings (SSSR count). The predicted molar refractivity (Wildman–Crippen MR) is 87.1 cm³/mol. The SMILES string of the molecule is CN(Cc1ccccc1)[C@H](C(N)=O)c1ccccc1.Cl.O. The number of hydrogen-bond acceptors (Lipinski definition) is 2. The van der Waals surface area contributed by atoms with E-state index >= 15 is 0 Å². The summed E-state index contributed by atoms with van der Waals surface area (Å²) in [5, 5.41) is 0. The average Bonchev–Trinajstić information content (AvgIpc) is 2.40. The van der Waals surface area contributed by atoms with Gasteiger partial charge in [-0.05, 0) is 18.2 Å². The molecule has 0 radical (unpaired) electrons. The molecule has 2 aromatic rings. The molecule has 4 N–H and O–H groups in total. The minimum absolute atomic E-state index is 0. The van der Waals surface area contributed by atoms with Crippen LogP contribution in [-0.4, -0.2) is 23.3 Å². The van der Waals surface area contributed by atoms with E-state index < -0.39 is 6.04 Å². The third-order valence-corrected chi connectivity index (χ3v) is 3.10. The largest absolute Gasteiger partial charge is 0.412 e. The van der Waals surface area contributed by atoms with Gasteiger partial charge in [0.05, 0.1) is 0 Å². The van der Waals surface area contributed by atoms with Crippen molar-refractivity contribution in [2.75, 3.05) is 7.05 Å². The number of primary amides is 1. The van der Waals surface area contributed by atoms with Crippen molar-refractivity contribution < 1.29 is 10.3 Å². The molecule has 0 fully saturated rings. The van der Waals surface area contributed by atoms with Gasteiger partial charge in [-0.3, -0.25) is 9.69 Å². The van der Waals surface area contributed by atoms with Gasteiger partial charge in [-0.15, -0.1) is 12.4 Å². The fourth-order valence-corrected chi connectivity index (χ4v) is 2.23. The third-order valence-electron chi connectivity index (χ3n) is 3.10.